The zero-order valence-electron chi connectivity index (χ0n) is 13.6. The van der Waals surface area contributed by atoms with Crippen LogP contribution in [0.1, 0.15) is 64.7 Å². The smallest absolute Gasteiger partial charge is 0.139 e. The summed E-state index contributed by atoms with van der Waals surface area (Å²) >= 11 is 2.60. The SMILES string of the molecule is C[C@]12CC[C@H]3[C@@H](CCC4CC(=O)CC[C@@]43CI)[C@@H]1CCC2=O. The number of ketones is 2. The Morgan fingerprint density at radius 1 is 1.05 bits per heavy atom. The Balaban J connectivity index is 1.68. The van der Waals surface area contributed by atoms with Crippen molar-refractivity contribution in [2.24, 2.45) is 34.5 Å². The molecule has 4 aliphatic rings. The Morgan fingerprint density at radius 2 is 1.86 bits per heavy atom. The van der Waals surface area contributed by atoms with Gasteiger partial charge in [0.1, 0.15) is 11.6 Å². The summed E-state index contributed by atoms with van der Waals surface area (Å²) in [6, 6.07) is 0. The summed E-state index contributed by atoms with van der Waals surface area (Å²) < 4.78 is 1.21. The molecule has 4 fully saturated rings. The number of hydrogen-bond donors (Lipinski definition) is 0. The van der Waals surface area contributed by atoms with Crippen LogP contribution in [0.5, 0.6) is 0 Å². The number of carbonyl (C=O) groups excluding carboxylic acids is 2. The standard InChI is InChI=1S/C19H27IO2/c1-18-8-7-16-14(15(18)4-5-17(18)22)3-2-12-10-13(21)6-9-19(12,16)11-20/h12,14-16H,2-11H2,1H3/t12?,14-,15-,16-,18-,19+/m0/s1. The van der Waals surface area contributed by atoms with E-state index in [0.29, 0.717) is 28.8 Å². The molecule has 122 valence electrons. The van der Waals surface area contributed by atoms with E-state index in [-0.39, 0.29) is 5.41 Å². The van der Waals surface area contributed by atoms with Crippen LogP contribution in [0.4, 0.5) is 0 Å². The van der Waals surface area contributed by atoms with Crippen molar-refractivity contribution in [1.82, 2.24) is 0 Å². The van der Waals surface area contributed by atoms with Gasteiger partial charge in [-0.25, -0.2) is 0 Å². The van der Waals surface area contributed by atoms with E-state index in [1.54, 1.807) is 0 Å². The van der Waals surface area contributed by atoms with Crippen molar-refractivity contribution in [1.29, 1.82) is 0 Å². The van der Waals surface area contributed by atoms with Crippen molar-refractivity contribution in [3.8, 4) is 0 Å². The van der Waals surface area contributed by atoms with Crippen LogP contribution in [-0.4, -0.2) is 16.0 Å². The summed E-state index contributed by atoms with van der Waals surface area (Å²) in [5.41, 5.74) is 0.398. The van der Waals surface area contributed by atoms with Gasteiger partial charge in [0.15, 0.2) is 0 Å². The molecular formula is C19H27IO2. The third-order valence-corrected chi connectivity index (χ3v) is 9.56. The predicted molar refractivity (Wildman–Crippen MR) is 95.0 cm³/mol. The minimum atomic E-state index is -0.00898. The number of carbonyl (C=O) groups is 2. The minimum Gasteiger partial charge on any atom is -0.300 e. The van der Waals surface area contributed by atoms with Crippen molar-refractivity contribution in [3.05, 3.63) is 0 Å². The van der Waals surface area contributed by atoms with Gasteiger partial charge in [0.2, 0.25) is 0 Å². The molecule has 4 aliphatic carbocycles. The molecule has 0 aromatic heterocycles. The lowest BCUT2D eigenvalue weighted by Gasteiger charge is -2.60. The summed E-state index contributed by atoms with van der Waals surface area (Å²) in [4.78, 5) is 24.4. The lowest BCUT2D eigenvalue weighted by molar-refractivity contribution is -0.143. The molecule has 0 radical (unpaired) electrons. The van der Waals surface area contributed by atoms with Crippen LogP contribution in [0.2, 0.25) is 0 Å². The molecule has 0 aliphatic heterocycles. The van der Waals surface area contributed by atoms with Gasteiger partial charge in [0, 0.05) is 29.1 Å². The number of alkyl halides is 1. The fraction of sp³-hybridized carbons (Fsp3) is 0.895. The average molecular weight is 414 g/mol. The first kappa shape index (κ1) is 15.6. The molecule has 0 aromatic carbocycles. The Morgan fingerprint density at radius 3 is 2.64 bits per heavy atom. The maximum atomic E-state index is 12.4. The highest BCUT2D eigenvalue weighted by atomic mass is 127. The topological polar surface area (TPSA) is 34.1 Å². The van der Waals surface area contributed by atoms with Crippen molar-refractivity contribution in [2.45, 2.75) is 64.7 Å². The van der Waals surface area contributed by atoms with E-state index in [1.807, 2.05) is 0 Å². The van der Waals surface area contributed by atoms with E-state index >= 15 is 0 Å². The monoisotopic (exact) mass is 414 g/mol. The van der Waals surface area contributed by atoms with Gasteiger partial charge in [-0.15, -0.1) is 0 Å². The molecule has 4 rings (SSSR count). The molecule has 3 heteroatoms. The highest BCUT2D eigenvalue weighted by molar-refractivity contribution is 14.1. The summed E-state index contributed by atoms with van der Waals surface area (Å²) in [5.74, 6) is 3.84. The number of fused-ring (bicyclic) bond motifs is 5. The van der Waals surface area contributed by atoms with E-state index in [0.717, 1.165) is 50.4 Å². The second-order valence-corrected chi connectivity index (χ2v) is 9.44. The quantitative estimate of drug-likeness (QED) is 0.465. The zero-order chi connectivity index (χ0) is 15.5. The second-order valence-electron chi connectivity index (χ2n) is 8.68. The fourth-order valence-corrected chi connectivity index (χ4v) is 8.45. The third-order valence-electron chi connectivity index (χ3n) is 8.14. The first-order valence-electron chi connectivity index (χ1n) is 9.12. The largest absolute Gasteiger partial charge is 0.300 e. The molecular weight excluding hydrogens is 387 g/mol. The van der Waals surface area contributed by atoms with Gasteiger partial charge in [-0.3, -0.25) is 9.59 Å². The molecule has 0 heterocycles. The van der Waals surface area contributed by atoms with Crippen LogP contribution in [0.3, 0.4) is 0 Å². The lowest BCUT2D eigenvalue weighted by Crippen LogP contribution is -2.55. The summed E-state index contributed by atoms with van der Waals surface area (Å²) in [7, 11) is 0. The Kier molecular flexibility index (Phi) is 3.75. The zero-order valence-corrected chi connectivity index (χ0v) is 15.7. The van der Waals surface area contributed by atoms with Crippen LogP contribution in [0.15, 0.2) is 0 Å². The predicted octanol–water partition coefficient (Wildman–Crippen LogP) is 4.58. The number of rotatable bonds is 1. The fourth-order valence-electron chi connectivity index (χ4n) is 6.88. The lowest BCUT2D eigenvalue weighted by atomic mass is 9.45. The van der Waals surface area contributed by atoms with E-state index in [4.69, 9.17) is 0 Å². The van der Waals surface area contributed by atoms with E-state index < -0.39 is 0 Å². The van der Waals surface area contributed by atoms with Crippen molar-refractivity contribution >= 4 is 34.2 Å². The maximum absolute atomic E-state index is 12.4. The molecule has 1 unspecified atom stereocenters. The van der Waals surface area contributed by atoms with Crippen LogP contribution < -0.4 is 0 Å². The molecule has 0 spiro atoms. The molecule has 4 saturated carbocycles. The maximum Gasteiger partial charge on any atom is 0.139 e. The van der Waals surface area contributed by atoms with Gasteiger partial charge in [0.05, 0.1) is 0 Å². The summed E-state index contributed by atoms with van der Waals surface area (Å²) in [6.45, 7) is 2.26. The summed E-state index contributed by atoms with van der Waals surface area (Å²) in [6.07, 6.45) is 9.58. The van der Waals surface area contributed by atoms with Crippen molar-refractivity contribution in [2.75, 3.05) is 4.43 Å². The Hall–Kier alpha value is 0.0700. The van der Waals surface area contributed by atoms with Gasteiger partial charge >= 0.3 is 0 Å². The number of Topliss-reactive ketones (excluding diaryl/α,β-unsaturated/α-hetero) is 2. The van der Waals surface area contributed by atoms with Gasteiger partial charge in [0.25, 0.3) is 0 Å². The van der Waals surface area contributed by atoms with Gasteiger partial charge in [-0.1, -0.05) is 29.5 Å². The van der Waals surface area contributed by atoms with Crippen LogP contribution in [0, 0.1) is 34.5 Å². The second kappa shape index (κ2) is 5.29. The molecule has 0 amide bonds. The normalized spacial score (nSPS) is 51.2. The Bertz CT molecular complexity index is 516. The summed E-state index contributed by atoms with van der Waals surface area (Å²) in [5, 5.41) is 0. The highest BCUT2D eigenvalue weighted by Crippen LogP contribution is 2.65. The number of hydrogen-bond acceptors (Lipinski definition) is 2. The first-order valence-corrected chi connectivity index (χ1v) is 10.6. The molecule has 0 N–H and O–H groups in total. The number of halogens is 1. The Labute approximate surface area is 147 Å². The van der Waals surface area contributed by atoms with Crippen LogP contribution in [-0.2, 0) is 9.59 Å². The highest BCUT2D eigenvalue weighted by Gasteiger charge is 2.61. The average Bonchev–Trinajstić information content (AvgIpc) is 2.82. The molecule has 22 heavy (non-hydrogen) atoms. The molecule has 2 nitrogen and oxygen atoms in total. The molecule has 0 bridgehead atoms. The van der Waals surface area contributed by atoms with Gasteiger partial charge in [-0.05, 0) is 67.6 Å². The van der Waals surface area contributed by atoms with E-state index in [2.05, 4.69) is 29.5 Å². The van der Waals surface area contributed by atoms with Crippen molar-refractivity contribution in [3.63, 3.8) is 0 Å². The van der Waals surface area contributed by atoms with Crippen molar-refractivity contribution < 1.29 is 9.59 Å². The van der Waals surface area contributed by atoms with E-state index in [9.17, 15) is 9.59 Å². The molecule has 0 saturated heterocycles. The van der Waals surface area contributed by atoms with Crippen LogP contribution in [0.25, 0.3) is 0 Å². The third kappa shape index (κ3) is 1.96. The van der Waals surface area contributed by atoms with Crippen LogP contribution >= 0.6 is 22.6 Å². The first-order chi connectivity index (χ1) is 10.5. The van der Waals surface area contributed by atoms with Gasteiger partial charge in [-0.2, -0.15) is 0 Å². The molecule has 0 aromatic rings. The van der Waals surface area contributed by atoms with Gasteiger partial charge < -0.3 is 0 Å². The minimum absolute atomic E-state index is 0.00898. The van der Waals surface area contributed by atoms with E-state index in [1.165, 1.54) is 23.7 Å². The molecule has 6 atom stereocenters.